The topological polar surface area (TPSA) is 86.4 Å². The van der Waals surface area contributed by atoms with Gasteiger partial charge in [-0.3, -0.25) is 4.79 Å². The van der Waals surface area contributed by atoms with Gasteiger partial charge in [0.25, 0.3) is 10.0 Å². The fraction of sp³-hybridized carbons (Fsp3) is 0.182. The third kappa shape index (κ3) is 3.60. The molecule has 9 heteroatoms. The number of carbonyl (C=O) groups is 1. The summed E-state index contributed by atoms with van der Waals surface area (Å²) in [6, 6.07) is 16.2. The quantitative estimate of drug-likeness (QED) is 0.503. The summed E-state index contributed by atoms with van der Waals surface area (Å²) >= 11 is 1.19. The van der Waals surface area contributed by atoms with Crippen LogP contribution < -0.4 is 4.31 Å². The minimum absolute atomic E-state index is 0.135. The van der Waals surface area contributed by atoms with Crippen LogP contribution in [-0.4, -0.2) is 42.3 Å². The van der Waals surface area contributed by atoms with Crippen LogP contribution in [0, 0.1) is 0 Å². The van der Waals surface area contributed by atoms with Gasteiger partial charge in [0.15, 0.2) is 5.13 Å². The number of carbonyl (C=O) groups excluding carboxylic acids is 1. The number of nitrogens with zero attached hydrogens (tertiary/aromatic N) is 3. The van der Waals surface area contributed by atoms with Crippen molar-refractivity contribution < 1.29 is 13.2 Å². The van der Waals surface area contributed by atoms with Crippen molar-refractivity contribution in [2.75, 3.05) is 17.4 Å². The first-order chi connectivity index (χ1) is 15.0. The number of fused-ring (bicyclic) bond motifs is 3. The number of hydrogen-bond donors (Lipinski definition) is 1. The summed E-state index contributed by atoms with van der Waals surface area (Å²) < 4.78 is 27.7. The van der Waals surface area contributed by atoms with Crippen LogP contribution in [0.15, 0.2) is 71.1 Å². The van der Waals surface area contributed by atoms with Gasteiger partial charge in [0.1, 0.15) is 6.54 Å². The minimum atomic E-state index is -3.91. The Kier molecular flexibility index (Phi) is 4.99. The Morgan fingerprint density at radius 1 is 1.13 bits per heavy atom. The maximum atomic E-state index is 13.3. The lowest BCUT2D eigenvalue weighted by Gasteiger charge is -2.30. The average Bonchev–Trinajstić information content (AvgIpc) is 3.45. The predicted molar refractivity (Wildman–Crippen MR) is 121 cm³/mol. The zero-order valence-corrected chi connectivity index (χ0v) is 18.2. The highest BCUT2D eigenvalue weighted by atomic mass is 32.2. The molecule has 1 aliphatic rings. The number of rotatable bonds is 5. The second-order valence-electron chi connectivity index (χ2n) is 7.33. The van der Waals surface area contributed by atoms with Gasteiger partial charge in [-0.2, -0.15) is 0 Å². The van der Waals surface area contributed by atoms with Crippen LogP contribution in [0.4, 0.5) is 5.13 Å². The molecule has 2 aromatic heterocycles. The number of amides is 1. The third-order valence-corrected chi connectivity index (χ3v) is 8.14. The summed E-state index contributed by atoms with van der Waals surface area (Å²) in [5, 5.41) is 3.08. The van der Waals surface area contributed by atoms with Crippen molar-refractivity contribution in [3.8, 4) is 0 Å². The molecule has 0 aliphatic carbocycles. The number of hydrogen-bond acceptors (Lipinski definition) is 5. The van der Waals surface area contributed by atoms with E-state index in [2.05, 4.69) is 9.97 Å². The van der Waals surface area contributed by atoms with E-state index in [-0.39, 0.29) is 22.5 Å². The van der Waals surface area contributed by atoms with Crippen molar-refractivity contribution >= 4 is 43.3 Å². The molecule has 158 valence electrons. The van der Waals surface area contributed by atoms with Gasteiger partial charge in [0, 0.05) is 53.2 Å². The maximum Gasteiger partial charge on any atom is 0.266 e. The maximum absolute atomic E-state index is 13.3. The Morgan fingerprint density at radius 2 is 1.90 bits per heavy atom. The van der Waals surface area contributed by atoms with Gasteiger partial charge in [0.2, 0.25) is 5.91 Å². The summed E-state index contributed by atoms with van der Waals surface area (Å²) in [6.07, 6.45) is 2.25. The molecule has 31 heavy (non-hydrogen) atoms. The number of sulfonamides is 1. The van der Waals surface area contributed by atoms with Crippen molar-refractivity contribution in [2.45, 2.75) is 17.9 Å². The van der Waals surface area contributed by atoms with Gasteiger partial charge >= 0.3 is 0 Å². The van der Waals surface area contributed by atoms with Gasteiger partial charge in [0.05, 0.1) is 4.90 Å². The highest BCUT2D eigenvalue weighted by Gasteiger charge is 2.32. The third-order valence-electron chi connectivity index (χ3n) is 5.48. The molecular formula is C22H20N4O3S2. The molecule has 1 N–H and O–H groups in total. The van der Waals surface area contributed by atoms with Crippen LogP contribution in [0.5, 0.6) is 0 Å². The molecule has 0 bridgehead atoms. The van der Waals surface area contributed by atoms with Gasteiger partial charge in [-0.15, -0.1) is 11.3 Å². The van der Waals surface area contributed by atoms with Crippen LogP contribution in [0.2, 0.25) is 0 Å². The fourth-order valence-electron chi connectivity index (χ4n) is 3.92. The Labute approximate surface area is 184 Å². The zero-order chi connectivity index (χ0) is 21.4. The Balaban J connectivity index is 1.43. The zero-order valence-electron chi connectivity index (χ0n) is 16.6. The number of H-pyrrole nitrogens is 1. The summed E-state index contributed by atoms with van der Waals surface area (Å²) in [7, 11) is -3.91. The first-order valence-electron chi connectivity index (χ1n) is 9.87. The molecule has 0 saturated heterocycles. The lowest BCUT2D eigenvalue weighted by molar-refractivity contribution is -0.130. The highest BCUT2D eigenvalue weighted by molar-refractivity contribution is 7.93. The van der Waals surface area contributed by atoms with Gasteiger partial charge in [-0.05, 0) is 18.2 Å². The first-order valence-corrected chi connectivity index (χ1v) is 12.2. The lowest BCUT2D eigenvalue weighted by atomic mass is 10.0. The minimum Gasteiger partial charge on any atom is -0.358 e. The van der Waals surface area contributed by atoms with Gasteiger partial charge < -0.3 is 9.88 Å². The molecule has 0 spiro atoms. The summed E-state index contributed by atoms with van der Waals surface area (Å²) in [5.41, 5.74) is 3.29. The molecular weight excluding hydrogens is 432 g/mol. The number of nitrogens with one attached hydrogen (secondary N) is 1. The summed E-state index contributed by atoms with van der Waals surface area (Å²) in [5.74, 6) is -0.245. The number of thiazole rings is 1. The van der Waals surface area contributed by atoms with Crippen LogP contribution in [0.1, 0.15) is 11.3 Å². The average molecular weight is 453 g/mol. The summed E-state index contributed by atoms with van der Waals surface area (Å²) in [6.45, 7) is 0.702. The normalized spacial score (nSPS) is 13.9. The first kappa shape index (κ1) is 19.8. The molecule has 3 heterocycles. The van der Waals surface area contributed by atoms with E-state index >= 15 is 0 Å². The van der Waals surface area contributed by atoms with Crippen molar-refractivity contribution in [3.05, 3.63) is 77.4 Å². The van der Waals surface area contributed by atoms with Crippen LogP contribution >= 0.6 is 11.3 Å². The van der Waals surface area contributed by atoms with Gasteiger partial charge in [-0.1, -0.05) is 36.4 Å². The number of aromatic amines is 1. The van der Waals surface area contributed by atoms with E-state index in [9.17, 15) is 13.2 Å². The molecule has 4 aromatic rings. The van der Waals surface area contributed by atoms with E-state index in [1.807, 2.05) is 24.3 Å². The van der Waals surface area contributed by atoms with Crippen LogP contribution in [0.25, 0.3) is 10.9 Å². The standard InChI is InChI=1S/C22H20N4O3S2/c27-21(25-12-10-20-18(14-25)17-8-4-5-9-19(17)24-20)15-26(22-23-11-13-30-22)31(28,29)16-6-2-1-3-7-16/h1-9,11,13,24H,10,12,14-15H2. The lowest BCUT2D eigenvalue weighted by Crippen LogP contribution is -2.44. The number of benzene rings is 2. The van der Waals surface area contributed by atoms with E-state index in [4.69, 9.17) is 0 Å². The van der Waals surface area contributed by atoms with Gasteiger partial charge in [-0.25, -0.2) is 17.7 Å². The van der Waals surface area contributed by atoms with E-state index in [1.54, 1.807) is 28.5 Å². The molecule has 0 saturated carbocycles. The largest absolute Gasteiger partial charge is 0.358 e. The fourth-order valence-corrected chi connectivity index (χ4v) is 6.18. The molecule has 0 atom stereocenters. The Morgan fingerprint density at radius 3 is 2.68 bits per heavy atom. The van der Waals surface area contributed by atoms with Crippen molar-refractivity contribution in [2.24, 2.45) is 0 Å². The van der Waals surface area contributed by atoms with E-state index < -0.39 is 10.0 Å². The van der Waals surface area contributed by atoms with Crippen LogP contribution in [0.3, 0.4) is 0 Å². The molecule has 0 radical (unpaired) electrons. The second kappa shape index (κ2) is 7.82. The van der Waals surface area contributed by atoms with Crippen LogP contribution in [-0.2, 0) is 27.8 Å². The molecule has 1 aliphatic heterocycles. The predicted octanol–water partition coefficient (Wildman–Crippen LogP) is 3.40. The molecule has 1 amide bonds. The van der Waals surface area contributed by atoms with Crippen molar-refractivity contribution in [1.82, 2.24) is 14.9 Å². The monoisotopic (exact) mass is 452 g/mol. The van der Waals surface area contributed by atoms with E-state index in [0.717, 1.165) is 26.5 Å². The SMILES string of the molecule is O=C(CN(c1nccs1)S(=O)(=O)c1ccccc1)N1CCc2[nH]c3ccccc3c2C1. The van der Waals surface area contributed by atoms with Crippen molar-refractivity contribution in [3.63, 3.8) is 0 Å². The smallest absolute Gasteiger partial charge is 0.266 e. The van der Waals surface area contributed by atoms with Crippen molar-refractivity contribution in [1.29, 1.82) is 0 Å². The molecule has 5 rings (SSSR count). The van der Waals surface area contributed by atoms with E-state index in [1.165, 1.54) is 29.7 Å². The number of anilines is 1. The Bertz CT molecular complexity index is 1330. The highest BCUT2D eigenvalue weighted by Crippen LogP contribution is 2.29. The number of aromatic nitrogens is 2. The number of para-hydroxylation sites is 1. The molecule has 7 nitrogen and oxygen atoms in total. The second-order valence-corrected chi connectivity index (χ2v) is 10.1. The summed E-state index contributed by atoms with van der Waals surface area (Å²) in [4.78, 5) is 22.7. The molecule has 0 unspecified atom stereocenters. The van der Waals surface area contributed by atoms with E-state index in [0.29, 0.717) is 19.5 Å². The molecule has 0 fully saturated rings. The molecule has 2 aromatic carbocycles. The Hall–Kier alpha value is -3.17.